The Labute approximate surface area is 189 Å². The van der Waals surface area contributed by atoms with Gasteiger partial charge in [0, 0.05) is 15.6 Å². The van der Waals surface area contributed by atoms with Crippen molar-refractivity contribution in [2.75, 3.05) is 0 Å². The summed E-state index contributed by atoms with van der Waals surface area (Å²) in [5.74, 6) is 0. The van der Waals surface area contributed by atoms with E-state index in [1.807, 2.05) is 54.6 Å². The lowest BCUT2D eigenvalue weighted by Crippen LogP contribution is -1.85. The smallest absolute Gasteiger partial charge is 0.150 e. The molecule has 0 aliphatic heterocycles. The normalized spacial score (nSPS) is 11.4. The molecule has 0 saturated carbocycles. The Morgan fingerprint density at radius 2 is 1.00 bits per heavy atom. The summed E-state index contributed by atoms with van der Waals surface area (Å²) in [6, 6.07) is 25.4. The second kappa shape index (κ2) is 9.50. The van der Waals surface area contributed by atoms with Crippen molar-refractivity contribution in [1.29, 1.82) is 0 Å². The summed E-state index contributed by atoms with van der Waals surface area (Å²) in [6.07, 6.45) is 10.00. The first-order chi connectivity index (χ1) is 15.2. The maximum Gasteiger partial charge on any atom is 0.150 e. The molecule has 0 aromatic heterocycles. The molecule has 2 nitrogen and oxygen atoms in total. The van der Waals surface area contributed by atoms with E-state index in [-0.39, 0.29) is 0 Å². The van der Waals surface area contributed by atoms with Crippen molar-refractivity contribution in [3.8, 4) is 0 Å². The van der Waals surface area contributed by atoms with Crippen molar-refractivity contribution in [3.63, 3.8) is 0 Å². The number of hydrogen-bond acceptors (Lipinski definition) is 2. The molecule has 0 amide bonds. The van der Waals surface area contributed by atoms with Crippen molar-refractivity contribution in [2.45, 2.75) is 0 Å². The van der Waals surface area contributed by atoms with Gasteiger partial charge in [-0.1, -0.05) is 113 Å². The van der Waals surface area contributed by atoms with Gasteiger partial charge in [-0.3, -0.25) is 9.59 Å². The number of halogens is 1. The van der Waals surface area contributed by atoms with E-state index in [9.17, 15) is 9.59 Å². The molecule has 4 aromatic carbocycles. The highest BCUT2D eigenvalue weighted by atomic mass is 79.9. The summed E-state index contributed by atoms with van der Waals surface area (Å²) in [7, 11) is 0. The number of hydrogen-bond donors (Lipinski definition) is 0. The quantitative estimate of drug-likeness (QED) is 0.217. The molecule has 0 N–H and O–H groups in total. The third-order valence-corrected chi connectivity index (χ3v) is 5.80. The van der Waals surface area contributed by atoms with E-state index in [4.69, 9.17) is 0 Å². The van der Waals surface area contributed by atoms with E-state index in [2.05, 4.69) is 64.5 Å². The highest BCUT2D eigenvalue weighted by Crippen LogP contribution is 2.32. The lowest BCUT2D eigenvalue weighted by Gasteiger charge is -2.09. The molecule has 0 heterocycles. The minimum Gasteiger partial charge on any atom is -0.298 e. The fraction of sp³-hybridized carbons (Fsp3) is 0. The van der Waals surface area contributed by atoms with Crippen LogP contribution in [0.5, 0.6) is 0 Å². The van der Waals surface area contributed by atoms with Crippen LogP contribution in [0, 0.1) is 0 Å². The van der Waals surface area contributed by atoms with Crippen LogP contribution in [-0.4, -0.2) is 12.6 Å². The summed E-state index contributed by atoms with van der Waals surface area (Å²) in [4.78, 5) is 21.7. The Hall–Kier alpha value is -3.56. The standard InChI is InChI=1S/C28H19BrO2/c29-27-17-16-25(15-13-21-6-10-23(19-31)11-7-21)28-24(2-1-3-26(27)28)14-12-20-4-8-22(18-30)9-5-20/h1-19H/b14-12-,15-13-. The number of carbonyl (C=O) groups is 2. The van der Waals surface area contributed by atoms with Crippen LogP contribution in [0.1, 0.15) is 43.0 Å². The zero-order valence-electron chi connectivity index (χ0n) is 16.7. The predicted molar refractivity (Wildman–Crippen MR) is 133 cm³/mol. The second-order valence-electron chi connectivity index (χ2n) is 7.14. The van der Waals surface area contributed by atoms with Gasteiger partial charge in [0.1, 0.15) is 12.6 Å². The summed E-state index contributed by atoms with van der Waals surface area (Å²) in [5.41, 5.74) is 5.61. The molecular formula is C28H19BrO2. The van der Waals surface area contributed by atoms with Gasteiger partial charge in [0.25, 0.3) is 0 Å². The van der Waals surface area contributed by atoms with Gasteiger partial charge in [0.15, 0.2) is 0 Å². The van der Waals surface area contributed by atoms with Gasteiger partial charge >= 0.3 is 0 Å². The zero-order valence-corrected chi connectivity index (χ0v) is 18.3. The minimum atomic E-state index is 0.667. The van der Waals surface area contributed by atoms with Gasteiger partial charge in [-0.2, -0.15) is 0 Å². The fourth-order valence-corrected chi connectivity index (χ4v) is 3.91. The summed E-state index contributed by atoms with van der Waals surface area (Å²) in [6.45, 7) is 0. The van der Waals surface area contributed by atoms with E-state index in [1.54, 1.807) is 0 Å². The largest absolute Gasteiger partial charge is 0.298 e. The van der Waals surface area contributed by atoms with Crippen molar-refractivity contribution >= 4 is 63.6 Å². The van der Waals surface area contributed by atoms with Crippen LogP contribution in [0.25, 0.3) is 35.1 Å². The first kappa shape index (κ1) is 20.7. The molecule has 0 spiro atoms. The molecule has 0 saturated heterocycles. The van der Waals surface area contributed by atoms with Crippen molar-refractivity contribution in [3.05, 3.63) is 117 Å². The third-order valence-electron chi connectivity index (χ3n) is 5.11. The van der Waals surface area contributed by atoms with Crippen LogP contribution in [-0.2, 0) is 0 Å². The van der Waals surface area contributed by atoms with Crippen molar-refractivity contribution < 1.29 is 9.59 Å². The first-order valence-corrected chi connectivity index (χ1v) is 10.6. The van der Waals surface area contributed by atoms with Gasteiger partial charge in [0.05, 0.1) is 0 Å². The molecule has 0 bridgehead atoms. The van der Waals surface area contributed by atoms with Crippen LogP contribution < -0.4 is 0 Å². The molecule has 31 heavy (non-hydrogen) atoms. The van der Waals surface area contributed by atoms with Crippen LogP contribution in [0.15, 0.2) is 83.3 Å². The zero-order chi connectivity index (χ0) is 21.6. The summed E-state index contributed by atoms with van der Waals surface area (Å²) >= 11 is 3.67. The summed E-state index contributed by atoms with van der Waals surface area (Å²) < 4.78 is 1.04. The molecule has 4 aromatic rings. The second-order valence-corrected chi connectivity index (χ2v) is 8.00. The van der Waals surface area contributed by atoms with E-state index < -0.39 is 0 Å². The minimum absolute atomic E-state index is 0.667. The average Bonchev–Trinajstić information content (AvgIpc) is 2.83. The number of rotatable bonds is 6. The Bertz CT molecular complexity index is 1230. The monoisotopic (exact) mass is 466 g/mol. The molecule has 0 atom stereocenters. The van der Waals surface area contributed by atoms with Gasteiger partial charge in [-0.25, -0.2) is 0 Å². The Morgan fingerprint density at radius 1 is 0.516 bits per heavy atom. The molecule has 3 heteroatoms. The van der Waals surface area contributed by atoms with Crippen LogP contribution in [0.4, 0.5) is 0 Å². The lowest BCUT2D eigenvalue weighted by molar-refractivity contribution is 0.111. The maximum atomic E-state index is 10.9. The van der Waals surface area contributed by atoms with E-state index >= 15 is 0 Å². The van der Waals surface area contributed by atoms with Crippen molar-refractivity contribution in [2.24, 2.45) is 0 Å². The molecule has 0 unspecified atom stereocenters. The third kappa shape index (κ3) is 4.79. The molecular weight excluding hydrogens is 448 g/mol. The van der Waals surface area contributed by atoms with Gasteiger partial charge in [0.2, 0.25) is 0 Å². The molecule has 0 aliphatic carbocycles. The Kier molecular flexibility index (Phi) is 6.34. The topological polar surface area (TPSA) is 34.1 Å². The SMILES string of the molecule is O=Cc1ccc(/C=C\c2cccc3c(Br)ccc(/C=C\c4ccc(C=O)cc4)c23)cc1. The van der Waals surface area contributed by atoms with Crippen LogP contribution >= 0.6 is 15.9 Å². The van der Waals surface area contributed by atoms with Gasteiger partial charge in [-0.15, -0.1) is 0 Å². The van der Waals surface area contributed by atoms with Gasteiger partial charge in [-0.05, 0) is 39.1 Å². The summed E-state index contributed by atoms with van der Waals surface area (Å²) in [5, 5.41) is 2.29. The van der Waals surface area contributed by atoms with Gasteiger partial charge < -0.3 is 0 Å². The lowest BCUT2D eigenvalue weighted by atomic mass is 9.97. The van der Waals surface area contributed by atoms with Crippen LogP contribution in [0.2, 0.25) is 0 Å². The number of carbonyl (C=O) groups excluding carboxylic acids is 2. The fourth-order valence-electron chi connectivity index (χ4n) is 3.45. The predicted octanol–water partition coefficient (Wildman–Crippen LogP) is 7.57. The highest BCUT2D eigenvalue weighted by Gasteiger charge is 2.06. The highest BCUT2D eigenvalue weighted by molar-refractivity contribution is 9.10. The van der Waals surface area contributed by atoms with Crippen molar-refractivity contribution in [1.82, 2.24) is 0 Å². The molecule has 0 aliphatic rings. The number of benzene rings is 4. The average molecular weight is 467 g/mol. The molecule has 4 rings (SSSR count). The molecule has 0 radical (unpaired) electrons. The Balaban J connectivity index is 1.74. The molecule has 0 fully saturated rings. The Morgan fingerprint density at radius 3 is 1.52 bits per heavy atom. The maximum absolute atomic E-state index is 10.9. The van der Waals surface area contributed by atoms with E-state index in [0.29, 0.717) is 11.1 Å². The first-order valence-electron chi connectivity index (χ1n) is 9.86. The number of aldehydes is 2. The number of fused-ring (bicyclic) bond motifs is 1. The molecule has 150 valence electrons. The van der Waals surface area contributed by atoms with E-state index in [1.165, 1.54) is 0 Å². The van der Waals surface area contributed by atoms with E-state index in [0.717, 1.165) is 50.1 Å². The van der Waals surface area contributed by atoms with Crippen LogP contribution in [0.3, 0.4) is 0 Å².